The molecule has 170 valence electrons. The number of hydrogen-bond donors (Lipinski definition) is 2. The molecular weight excluding hydrogens is 426 g/mol. The van der Waals surface area contributed by atoms with E-state index >= 15 is 0 Å². The number of aryl methyl sites for hydroxylation is 3. The van der Waals surface area contributed by atoms with Gasteiger partial charge in [-0.1, -0.05) is 18.2 Å². The maximum atomic E-state index is 13.3. The molecule has 2 aliphatic carbocycles. The van der Waals surface area contributed by atoms with Gasteiger partial charge in [-0.05, 0) is 75.5 Å². The van der Waals surface area contributed by atoms with E-state index in [-0.39, 0.29) is 24.3 Å². The molecule has 0 aliphatic heterocycles. The number of thiophene rings is 1. The van der Waals surface area contributed by atoms with E-state index in [1.807, 2.05) is 39.0 Å². The lowest BCUT2D eigenvalue weighted by Gasteiger charge is -2.27. The Morgan fingerprint density at radius 2 is 1.78 bits per heavy atom. The molecule has 2 fully saturated rings. The van der Waals surface area contributed by atoms with Crippen LogP contribution in [0.5, 0.6) is 0 Å². The summed E-state index contributed by atoms with van der Waals surface area (Å²) in [7, 11) is 0. The molecule has 0 saturated heterocycles. The van der Waals surface area contributed by atoms with Gasteiger partial charge in [0.2, 0.25) is 5.91 Å². The Morgan fingerprint density at radius 3 is 2.41 bits per heavy atom. The average molecular weight is 456 g/mol. The van der Waals surface area contributed by atoms with Gasteiger partial charge in [-0.3, -0.25) is 9.59 Å². The maximum Gasteiger partial charge on any atom is 0.341 e. The molecule has 0 spiro atoms. The molecule has 2 bridgehead atoms. The summed E-state index contributed by atoms with van der Waals surface area (Å²) in [5, 5.41) is 13.1. The molecule has 2 aromatic rings. The Morgan fingerprint density at radius 1 is 1.09 bits per heavy atom. The van der Waals surface area contributed by atoms with Crippen molar-refractivity contribution in [3.8, 4) is 11.1 Å². The van der Waals surface area contributed by atoms with Gasteiger partial charge in [-0.2, -0.15) is 0 Å². The smallest absolute Gasteiger partial charge is 0.341 e. The number of carboxylic acids is 1. The summed E-state index contributed by atoms with van der Waals surface area (Å²) < 4.78 is 5.34. The van der Waals surface area contributed by atoms with Crippen molar-refractivity contribution in [2.45, 2.75) is 47.0 Å². The SMILES string of the molecule is CCOC(=O)c1c(NC(=O)[C@@H]2[C@H]3CC[C@@H](C3)[C@H]2C(=O)O)sc(C)c1-c1ccc(C)c(C)c1. The molecule has 0 unspecified atom stereocenters. The first-order valence-electron chi connectivity index (χ1n) is 11.1. The van der Waals surface area contributed by atoms with Gasteiger partial charge in [0.05, 0.1) is 18.4 Å². The number of carbonyl (C=O) groups excluding carboxylic acids is 2. The second kappa shape index (κ2) is 8.70. The molecule has 7 heteroatoms. The zero-order valence-corrected chi connectivity index (χ0v) is 19.7. The number of fused-ring (bicyclic) bond motifs is 2. The van der Waals surface area contributed by atoms with Crippen LogP contribution in [-0.4, -0.2) is 29.6 Å². The minimum atomic E-state index is -0.902. The lowest BCUT2D eigenvalue weighted by Crippen LogP contribution is -2.37. The van der Waals surface area contributed by atoms with E-state index in [0.29, 0.717) is 10.6 Å². The molecule has 2 saturated carbocycles. The van der Waals surface area contributed by atoms with Gasteiger partial charge in [0.1, 0.15) is 10.6 Å². The highest BCUT2D eigenvalue weighted by Crippen LogP contribution is 2.53. The zero-order chi connectivity index (χ0) is 23.2. The van der Waals surface area contributed by atoms with Gasteiger partial charge in [0.25, 0.3) is 0 Å². The van der Waals surface area contributed by atoms with Crippen LogP contribution in [0.15, 0.2) is 18.2 Å². The van der Waals surface area contributed by atoms with E-state index in [1.54, 1.807) is 6.92 Å². The number of nitrogens with one attached hydrogen (secondary N) is 1. The van der Waals surface area contributed by atoms with Gasteiger partial charge in [0.15, 0.2) is 0 Å². The van der Waals surface area contributed by atoms with Crippen molar-refractivity contribution in [2.75, 3.05) is 11.9 Å². The fraction of sp³-hybridized carbons (Fsp3) is 0.480. The Balaban J connectivity index is 1.72. The number of ether oxygens (including phenoxy) is 1. The van der Waals surface area contributed by atoms with Crippen molar-refractivity contribution >= 4 is 34.2 Å². The first kappa shape index (κ1) is 22.5. The molecule has 0 radical (unpaired) electrons. The van der Waals surface area contributed by atoms with Crippen molar-refractivity contribution in [1.29, 1.82) is 0 Å². The molecule has 6 nitrogen and oxygen atoms in total. The number of benzene rings is 1. The Hall–Kier alpha value is -2.67. The Kier molecular flexibility index (Phi) is 6.12. The highest BCUT2D eigenvalue weighted by atomic mass is 32.1. The van der Waals surface area contributed by atoms with Crippen molar-refractivity contribution in [3.05, 3.63) is 39.8 Å². The van der Waals surface area contributed by atoms with E-state index in [4.69, 9.17) is 4.74 Å². The summed E-state index contributed by atoms with van der Waals surface area (Å²) >= 11 is 1.34. The van der Waals surface area contributed by atoms with Crippen LogP contribution in [0.4, 0.5) is 5.00 Å². The molecule has 1 heterocycles. The maximum absolute atomic E-state index is 13.3. The number of rotatable bonds is 6. The van der Waals surface area contributed by atoms with Gasteiger partial charge in [0, 0.05) is 10.4 Å². The van der Waals surface area contributed by atoms with E-state index in [2.05, 4.69) is 5.32 Å². The predicted molar refractivity (Wildman–Crippen MR) is 124 cm³/mol. The number of hydrogen-bond acceptors (Lipinski definition) is 5. The fourth-order valence-electron chi connectivity index (χ4n) is 5.49. The number of amides is 1. The molecule has 4 atom stereocenters. The minimum Gasteiger partial charge on any atom is -0.481 e. The van der Waals surface area contributed by atoms with Crippen LogP contribution in [0, 0.1) is 44.4 Å². The summed E-state index contributed by atoms with van der Waals surface area (Å²) in [5.74, 6) is -2.75. The highest BCUT2D eigenvalue weighted by molar-refractivity contribution is 7.17. The molecule has 1 aromatic heterocycles. The summed E-state index contributed by atoms with van der Waals surface area (Å²) in [6.07, 6.45) is 2.54. The van der Waals surface area contributed by atoms with Crippen molar-refractivity contribution in [2.24, 2.45) is 23.7 Å². The lowest BCUT2D eigenvalue weighted by molar-refractivity contribution is -0.148. The Bertz CT molecular complexity index is 1090. The summed E-state index contributed by atoms with van der Waals surface area (Å²) in [6.45, 7) is 7.95. The highest BCUT2D eigenvalue weighted by Gasteiger charge is 2.54. The summed E-state index contributed by atoms with van der Waals surface area (Å²) in [6, 6.07) is 6.03. The minimum absolute atomic E-state index is 0.0638. The van der Waals surface area contributed by atoms with Crippen LogP contribution in [-0.2, 0) is 14.3 Å². The fourth-order valence-corrected chi connectivity index (χ4v) is 6.56. The summed E-state index contributed by atoms with van der Waals surface area (Å²) in [5.41, 5.74) is 4.27. The first-order valence-corrected chi connectivity index (χ1v) is 12.0. The standard InChI is InChI=1S/C25H29NO5S/c1-5-31-25(30)21-18(15-7-6-12(2)13(3)10-15)14(4)32-23(21)26-22(27)19-16-8-9-17(11-16)20(19)24(28)29/h6-7,10,16-17,19-20H,5,8-9,11H2,1-4H3,(H,26,27)(H,28,29)/t16-,17-,19+,20+/m0/s1. The van der Waals surface area contributed by atoms with E-state index in [9.17, 15) is 19.5 Å². The van der Waals surface area contributed by atoms with E-state index < -0.39 is 23.8 Å². The third-order valence-electron chi connectivity index (χ3n) is 7.10. The predicted octanol–water partition coefficient (Wildman–Crippen LogP) is 5.20. The molecule has 2 N–H and O–H groups in total. The topological polar surface area (TPSA) is 92.7 Å². The normalized spacial score (nSPS) is 23.9. The van der Waals surface area contributed by atoms with Crippen LogP contribution in [0.25, 0.3) is 11.1 Å². The zero-order valence-electron chi connectivity index (χ0n) is 18.9. The van der Waals surface area contributed by atoms with Gasteiger partial charge in [-0.25, -0.2) is 4.79 Å². The third kappa shape index (κ3) is 3.83. The van der Waals surface area contributed by atoms with Crippen LogP contribution in [0.1, 0.15) is 52.5 Å². The van der Waals surface area contributed by atoms with Gasteiger partial charge < -0.3 is 15.2 Å². The number of anilines is 1. The van der Waals surface area contributed by atoms with Gasteiger partial charge >= 0.3 is 11.9 Å². The monoisotopic (exact) mass is 455 g/mol. The van der Waals surface area contributed by atoms with Crippen molar-refractivity contribution in [1.82, 2.24) is 0 Å². The van der Waals surface area contributed by atoms with Crippen molar-refractivity contribution in [3.63, 3.8) is 0 Å². The molecule has 1 amide bonds. The quantitative estimate of drug-likeness (QED) is 0.584. The van der Waals surface area contributed by atoms with E-state index in [1.165, 1.54) is 11.3 Å². The molecule has 1 aromatic carbocycles. The molecule has 4 rings (SSSR count). The van der Waals surface area contributed by atoms with Crippen molar-refractivity contribution < 1.29 is 24.2 Å². The molecule has 32 heavy (non-hydrogen) atoms. The van der Waals surface area contributed by atoms with Crippen LogP contribution in [0.3, 0.4) is 0 Å². The van der Waals surface area contributed by atoms with Crippen LogP contribution in [0.2, 0.25) is 0 Å². The molecular formula is C25H29NO5S. The lowest BCUT2D eigenvalue weighted by atomic mass is 9.78. The van der Waals surface area contributed by atoms with E-state index in [0.717, 1.165) is 46.4 Å². The summed E-state index contributed by atoms with van der Waals surface area (Å²) in [4.78, 5) is 39.0. The largest absolute Gasteiger partial charge is 0.481 e. The molecule has 2 aliphatic rings. The number of carboxylic acid groups (broad SMARTS) is 1. The number of aliphatic carboxylic acids is 1. The first-order chi connectivity index (χ1) is 15.2. The Labute approximate surface area is 192 Å². The van der Waals surface area contributed by atoms with Crippen LogP contribution >= 0.6 is 11.3 Å². The second-order valence-electron chi connectivity index (χ2n) is 8.97. The average Bonchev–Trinajstić information content (AvgIpc) is 3.43. The third-order valence-corrected chi connectivity index (χ3v) is 8.12. The van der Waals surface area contributed by atoms with Gasteiger partial charge in [-0.15, -0.1) is 11.3 Å². The number of esters is 1. The number of carbonyl (C=O) groups is 3. The van der Waals surface area contributed by atoms with Crippen LogP contribution < -0.4 is 5.32 Å². The second-order valence-corrected chi connectivity index (χ2v) is 10.2.